The van der Waals surface area contributed by atoms with Crippen molar-refractivity contribution in [3.8, 4) is 0 Å². The summed E-state index contributed by atoms with van der Waals surface area (Å²) in [6, 6.07) is 28.6. The summed E-state index contributed by atoms with van der Waals surface area (Å²) in [5.74, 6) is -1.02. The van der Waals surface area contributed by atoms with Crippen LogP contribution in [0.4, 0.5) is 4.79 Å². The molecule has 9 nitrogen and oxygen atoms in total. The third-order valence-electron chi connectivity index (χ3n) is 5.81. The normalized spacial score (nSPS) is 13.4. The van der Waals surface area contributed by atoms with Gasteiger partial charge in [0.25, 0.3) is 0 Å². The molecule has 0 fully saturated rings. The van der Waals surface area contributed by atoms with E-state index in [-0.39, 0.29) is 32.1 Å². The maximum Gasteiger partial charge on any atom is 0.428 e. The molecule has 0 saturated heterocycles. The van der Waals surface area contributed by atoms with Crippen LogP contribution in [0, 0.1) is 0 Å². The van der Waals surface area contributed by atoms with Gasteiger partial charge in [-0.25, -0.2) is 10.2 Å². The molecule has 40 heavy (non-hydrogen) atoms. The zero-order valence-electron chi connectivity index (χ0n) is 23.2. The van der Waals surface area contributed by atoms with Crippen LogP contribution in [-0.4, -0.2) is 36.9 Å². The minimum absolute atomic E-state index is 0.0731. The molecule has 0 aliphatic heterocycles. The fourth-order valence-corrected chi connectivity index (χ4v) is 5.85. The fourth-order valence-electron chi connectivity index (χ4n) is 3.86. The van der Waals surface area contributed by atoms with Gasteiger partial charge in [-0.05, 0) is 37.5 Å². The van der Waals surface area contributed by atoms with Crippen LogP contribution in [0.15, 0.2) is 96.1 Å². The molecular formula is C30H38N3O6P. The number of nitrogens with zero attached hydrogens (tertiary/aromatic N) is 1. The first-order chi connectivity index (χ1) is 19.4. The lowest BCUT2D eigenvalue weighted by Crippen LogP contribution is -2.44. The molecule has 0 aromatic heterocycles. The summed E-state index contributed by atoms with van der Waals surface area (Å²) in [7, 11) is -3.81. The van der Waals surface area contributed by atoms with E-state index in [4.69, 9.17) is 18.5 Å². The van der Waals surface area contributed by atoms with E-state index in [1.54, 1.807) is 20.8 Å². The number of hydrogen-bond donors (Lipinski definition) is 2. The fraction of sp³-hybridized carbons (Fsp3) is 0.333. The molecule has 3 aromatic carbocycles. The molecule has 2 atom stereocenters. The van der Waals surface area contributed by atoms with Crippen LogP contribution < -0.4 is 10.7 Å². The number of rotatable bonds is 16. The van der Waals surface area contributed by atoms with Crippen molar-refractivity contribution in [2.75, 3.05) is 13.2 Å². The number of carbonyl (C=O) groups excluding carboxylic acids is 1. The maximum absolute atomic E-state index is 14.1. The SMILES string of the molecule is CCOP(=O)(OCC)C(NCc1ccccc1)/C(=N/NC(=O)OCc1ccccc1)[C@H](C)OCc1ccccc1. The largest absolute Gasteiger partial charge is 0.443 e. The molecular weight excluding hydrogens is 529 g/mol. The highest BCUT2D eigenvalue weighted by Gasteiger charge is 2.41. The molecule has 0 aliphatic carbocycles. The van der Waals surface area contributed by atoms with Crippen molar-refractivity contribution in [1.82, 2.24) is 10.7 Å². The predicted molar refractivity (Wildman–Crippen MR) is 156 cm³/mol. The van der Waals surface area contributed by atoms with Gasteiger partial charge in [-0.3, -0.25) is 9.88 Å². The molecule has 214 valence electrons. The van der Waals surface area contributed by atoms with Crippen molar-refractivity contribution in [2.24, 2.45) is 5.10 Å². The lowest BCUT2D eigenvalue weighted by Gasteiger charge is -2.30. The predicted octanol–water partition coefficient (Wildman–Crippen LogP) is 6.26. The van der Waals surface area contributed by atoms with Crippen LogP contribution in [0.2, 0.25) is 0 Å². The quantitative estimate of drug-likeness (QED) is 0.120. The lowest BCUT2D eigenvalue weighted by atomic mass is 10.2. The highest BCUT2D eigenvalue weighted by atomic mass is 31.2. The Balaban J connectivity index is 1.88. The Morgan fingerprint density at radius 2 is 1.30 bits per heavy atom. The van der Waals surface area contributed by atoms with Gasteiger partial charge in [0, 0.05) is 6.54 Å². The number of hydrogen-bond acceptors (Lipinski definition) is 8. The molecule has 0 bridgehead atoms. The van der Waals surface area contributed by atoms with Gasteiger partial charge in [-0.1, -0.05) is 91.0 Å². The second kappa shape index (κ2) is 16.7. The van der Waals surface area contributed by atoms with Crippen molar-refractivity contribution in [3.05, 3.63) is 108 Å². The Hall–Kier alpha value is -3.33. The summed E-state index contributed by atoms with van der Waals surface area (Å²) in [6.45, 7) is 6.26. The average Bonchev–Trinajstić information content (AvgIpc) is 2.98. The monoisotopic (exact) mass is 567 g/mol. The van der Waals surface area contributed by atoms with Crippen molar-refractivity contribution in [2.45, 2.75) is 52.4 Å². The second-order valence-corrected chi connectivity index (χ2v) is 10.9. The van der Waals surface area contributed by atoms with E-state index in [1.807, 2.05) is 91.0 Å². The van der Waals surface area contributed by atoms with Crippen molar-refractivity contribution in [3.63, 3.8) is 0 Å². The third kappa shape index (κ3) is 10.0. The first-order valence-electron chi connectivity index (χ1n) is 13.3. The Bertz CT molecular complexity index is 1220. The van der Waals surface area contributed by atoms with E-state index in [0.29, 0.717) is 6.54 Å². The van der Waals surface area contributed by atoms with Crippen molar-refractivity contribution >= 4 is 19.4 Å². The topological polar surface area (TPSA) is 107 Å². The maximum atomic E-state index is 14.1. The summed E-state index contributed by atoms with van der Waals surface area (Å²) in [5, 5.41) is 7.65. The number of nitrogens with one attached hydrogen (secondary N) is 2. The van der Waals surface area contributed by atoms with Gasteiger partial charge in [-0.15, -0.1) is 0 Å². The Morgan fingerprint density at radius 3 is 1.82 bits per heavy atom. The van der Waals surface area contributed by atoms with E-state index in [1.165, 1.54) is 0 Å². The molecule has 3 aromatic rings. The standard InChI is InChI=1S/C30H38N3O6P/c1-4-38-40(35,39-5-2)29(31-21-25-15-9-6-10-16-25)28(24(3)36-22-26-17-11-7-12-18-26)32-33-30(34)37-23-27-19-13-8-14-20-27/h6-20,24,29,31H,4-5,21-23H2,1-3H3,(H,33,34)/b32-28+/t24-,29?/m0/s1. The summed E-state index contributed by atoms with van der Waals surface area (Å²) < 4.78 is 37.0. The van der Waals surface area contributed by atoms with Crippen LogP contribution in [-0.2, 0) is 42.8 Å². The molecule has 3 rings (SSSR count). The van der Waals surface area contributed by atoms with Gasteiger partial charge in [0.2, 0.25) is 0 Å². The Morgan fingerprint density at radius 1 is 0.800 bits per heavy atom. The highest BCUT2D eigenvalue weighted by Crippen LogP contribution is 2.53. The Kier molecular flexibility index (Phi) is 13.0. The summed E-state index contributed by atoms with van der Waals surface area (Å²) in [5.41, 5.74) is 5.43. The first-order valence-corrected chi connectivity index (χ1v) is 14.9. The number of hydrazone groups is 1. The van der Waals surface area contributed by atoms with Crippen molar-refractivity contribution in [1.29, 1.82) is 0 Å². The zero-order chi connectivity index (χ0) is 28.6. The Labute approximate surface area is 236 Å². The van der Waals surface area contributed by atoms with Crippen LogP contribution >= 0.6 is 7.60 Å². The number of ether oxygens (including phenoxy) is 2. The van der Waals surface area contributed by atoms with Gasteiger partial charge >= 0.3 is 13.7 Å². The lowest BCUT2D eigenvalue weighted by molar-refractivity contribution is 0.0930. The summed E-state index contributed by atoms with van der Waals surface area (Å²) in [4.78, 5) is 12.6. The van der Waals surface area contributed by atoms with Crippen LogP contribution in [0.5, 0.6) is 0 Å². The van der Waals surface area contributed by atoms with Crippen LogP contribution in [0.3, 0.4) is 0 Å². The molecule has 0 aliphatic rings. The molecule has 2 N–H and O–H groups in total. The van der Waals surface area contributed by atoms with E-state index in [9.17, 15) is 9.36 Å². The number of amides is 1. The molecule has 1 unspecified atom stereocenters. The first kappa shape index (κ1) is 31.2. The van der Waals surface area contributed by atoms with E-state index in [0.717, 1.165) is 16.7 Å². The van der Waals surface area contributed by atoms with Crippen LogP contribution in [0.1, 0.15) is 37.5 Å². The molecule has 0 saturated carbocycles. The summed E-state index contributed by atoms with van der Waals surface area (Å²) >= 11 is 0. The van der Waals surface area contributed by atoms with Crippen LogP contribution in [0.25, 0.3) is 0 Å². The number of carbonyl (C=O) groups is 1. The van der Waals surface area contributed by atoms with Gasteiger partial charge in [0.1, 0.15) is 6.61 Å². The van der Waals surface area contributed by atoms with Gasteiger partial charge in [0.15, 0.2) is 5.78 Å². The van der Waals surface area contributed by atoms with E-state index < -0.39 is 25.6 Å². The number of benzene rings is 3. The third-order valence-corrected chi connectivity index (χ3v) is 8.12. The van der Waals surface area contributed by atoms with E-state index >= 15 is 0 Å². The molecule has 0 radical (unpaired) electrons. The minimum atomic E-state index is -3.81. The smallest absolute Gasteiger partial charge is 0.428 e. The van der Waals surface area contributed by atoms with Gasteiger partial charge in [-0.2, -0.15) is 5.10 Å². The average molecular weight is 568 g/mol. The van der Waals surface area contributed by atoms with E-state index in [2.05, 4.69) is 15.8 Å². The molecule has 1 amide bonds. The summed E-state index contributed by atoms with van der Waals surface area (Å²) in [6.07, 6.45) is -1.45. The zero-order valence-corrected chi connectivity index (χ0v) is 24.1. The highest BCUT2D eigenvalue weighted by molar-refractivity contribution is 7.55. The molecule has 10 heteroatoms. The van der Waals surface area contributed by atoms with Gasteiger partial charge in [0.05, 0.1) is 31.6 Å². The van der Waals surface area contributed by atoms with Gasteiger partial charge < -0.3 is 18.5 Å². The molecule has 0 heterocycles. The minimum Gasteiger partial charge on any atom is -0.443 e. The second-order valence-electron chi connectivity index (χ2n) is 8.79. The molecule has 0 spiro atoms. The van der Waals surface area contributed by atoms with Crippen molar-refractivity contribution < 1.29 is 27.9 Å².